The summed E-state index contributed by atoms with van der Waals surface area (Å²) in [6.45, 7) is 0. The highest BCUT2D eigenvalue weighted by Crippen LogP contribution is 2.24. The molecule has 9 heteroatoms. The first-order valence-electron chi connectivity index (χ1n) is 9.63. The number of hydrogen-bond donors (Lipinski definition) is 3. The number of methoxy groups -OCH3 is 1. The topological polar surface area (TPSA) is 124 Å². The molecule has 0 radical (unpaired) electrons. The van der Waals surface area contributed by atoms with Crippen LogP contribution in [-0.4, -0.2) is 28.0 Å². The average Bonchev–Trinajstić information content (AvgIpc) is 2.80. The summed E-state index contributed by atoms with van der Waals surface area (Å²) in [5.74, 6) is 1.65. The molecule has 160 valence electrons. The first kappa shape index (κ1) is 20.6. The van der Waals surface area contributed by atoms with Crippen LogP contribution in [-0.2, 0) is 0 Å². The third-order valence-electron chi connectivity index (χ3n) is 4.35. The molecule has 0 spiro atoms. The number of anilines is 4. The van der Waals surface area contributed by atoms with Crippen LogP contribution >= 0.6 is 0 Å². The molecule has 2 aromatic heterocycles. The molecule has 0 fully saturated rings. The highest BCUT2D eigenvalue weighted by atomic mass is 16.5. The Morgan fingerprint density at radius 1 is 0.906 bits per heavy atom. The number of ether oxygens (including phenoxy) is 2. The Labute approximate surface area is 184 Å². The fourth-order valence-electron chi connectivity index (χ4n) is 2.79. The zero-order chi connectivity index (χ0) is 22.3. The van der Waals surface area contributed by atoms with E-state index in [0.29, 0.717) is 40.3 Å². The number of aromatic nitrogens is 3. The van der Waals surface area contributed by atoms with Crippen LogP contribution in [0.2, 0.25) is 0 Å². The molecule has 0 saturated carbocycles. The maximum atomic E-state index is 12.4. The number of hydrogen-bond acceptors (Lipinski definition) is 8. The van der Waals surface area contributed by atoms with Gasteiger partial charge in [-0.1, -0.05) is 6.07 Å². The number of nitrogens with two attached hydrogens (primary N) is 1. The first-order valence-corrected chi connectivity index (χ1v) is 9.63. The van der Waals surface area contributed by atoms with Crippen LogP contribution in [0.25, 0.3) is 0 Å². The molecule has 0 aliphatic heterocycles. The van der Waals surface area contributed by atoms with E-state index >= 15 is 0 Å². The van der Waals surface area contributed by atoms with Gasteiger partial charge in [0.25, 0.3) is 5.91 Å². The number of benzene rings is 2. The minimum absolute atomic E-state index is 0.229. The van der Waals surface area contributed by atoms with Gasteiger partial charge < -0.3 is 25.8 Å². The fourth-order valence-corrected chi connectivity index (χ4v) is 2.79. The Balaban J connectivity index is 1.43. The van der Waals surface area contributed by atoms with Crippen molar-refractivity contribution in [3.05, 3.63) is 84.8 Å². The quantitative estimate of drug-likeness (QED) is 0.373. The Hall–Kier alpha value is -4.66. The zero-order valence-electron chi connectivity index (χ0n) is 17.1. The molecule has 0 aliphatic rings. The Morgan fingerprint density at radius 3 is 2.47 bits per heavy atom. The van der Waals surface area contributed by atoms with Crippen molar-refractivity contribution in [3.63, 3.8) is 0 Å². The van der Waals surface area contributed by atoms with Crippen molar-refractivity contribution in [2.75, 3.05) is 23.5 Å². The molecule has 9 nitrogen and oxygen atoms in total. The number of carbonyl (C=O) groups is 1. The van der Waals surface area contributed by atoms with Crippen LogP contribution < -0.4 is 25.8 Å². The molecule has 0 unspecified atom stereocenters. The van der Waals surface area contributed by atoms with Crippen LogP contribution in [0.3, 0.4) is 0 Å². The smallest absolute Gasteiger partial charge is 0.255 e. The van der Waals surface area contributed by atoms with Gasteiger partial charge >= 0.3 is 0 Å². The number of nitrogens with zero attached hydrogens (tertiary/aromatic N) is 3. The molecular weight excluding hydrogens is 408 g/mol. The lowest BCUT2D eigenvalue weighted by atomic mass is 10.2. The van der Waals surface area contributed by atoms with E-state index in [9.17, 15) is 4.79 Å². The number of nitrogen functional groups attached to an aromatic ring is 1. The van der Waals surface area contributed by atoms with Gasteiger partial charge in [0, 0.05) is 34.8 Å². The second-order valence-corrected chi connectivity index (χ2v) is 6.66. The van der Waals surface area contributed by atoms with Crippen molar-refractivity contribution in [1.82, 2.24) is 15.0 Å². The van der Waals surface area contributed by atoms with Crippen molar-refractivity contribution in [1.29, 1.82) is 0 Å². The van der Waals surface area contributed by atoms with E-state index in [4.69, 9.17) is 15.2 Å². The third-order valence-corrected chi connectivity index (χ3v) is 4.35. The summed E-state index contributed by atoms with van der Waals surface area (Å²) in [5, 5.41) is 6.04. The van der Waals surface area contributed by atoms with E-state index in [1.165, 1.54) is 6.33 Å². The minimum Gasteiger partial charge on any atom is -0.481 e. The zero-order valence-corrected chi connectivity index (χ0v) is 17.1. The van der Waals surface area contributed by atoms with Crippen molar-refractivity contribution in [2.45, 2.75) is 0 Å². The van der Waals surface area contributed by atoms with E-state index in [1.807, 2.05) is 12.1 Å². The van der Waals surface area contributed by atoms with E-state index in [-0.39, 0.29) is 5.91 Å². The number of carbonyl (C=O) groups excluding carboxylic acids is 1. The fraction of sp³-hybridized carbons (Fsp3) is 0.0435. The van der Waals surface area contributed by atoms with E-state index in [1.54, 1.807) is 67.9 Å². The number of pyridine rings is 1. The average molecular weight is 428 g/mol. The van der Waals surface area contributed by atoms with Gasteiger partial charge in [-0.05, 0) is 48.5 Å². The number of amides is 1. The molecule has 0 aliphatic carbocycles. The molecule has 4 rings (SSSR count). The molecule has 32 heavy (non-hydrogen) atoms. The second kappa shape index (κ2) is 9.43. The molecule has 0 bridgehead atoms. The highest BCUT2D eigenvalue weighted by Gasteiger charge is 2.07. The van der Waals surface area contributed by atoms with Crippen molar-refractivity contribution in [3.8, 4) is 17.5 Å². The summed E-state index contributed by atoms with van der Waals surface area (Å²) in [6.07, 6.45) is 2.93. The summed E-state index contributed by atoms with van der Waals surface area (Å²) < 4.78 is 10.7. The second-order valence-electron chi connectivity index (χ2n) is 6.66. The summed E-state index contributed by atoms with van der Waals surface area (Å²) in [7, 11) is 1.55. The maximum Gasteiger partial charge on any atom is 0.255 e. The summed E-state index contributed by atoms with van der Waals surface area (Å²) >= 11 is 0. The van der Waals surface area contributed by atoms with Crippen LogP contribution in [0, 0.1) is 0 Å². The Bertz CT molecular complexity index is 1210. The SMILES string of the molecule is COc1ccc(Oc2cc(Nc3cccc(NC(=O)c4ccc(N)cc4)c3)ncn2)cn1. The van der Waals surface area contributed by atoms with Crippen LogP contribution in [0.15, 0.2) is 79.3 Å². The van der Waals surface area contributed by atoms with Gasteiger partial charge in [-0.3, -0.25) is 4.79 Å². The molecular formula is C23H20N6O3. The van der Waals surface area contributed by atoms with Gasteiger partial charge in [0.2, 0.25) is 11.8 Å². The summed E-state index contributed by atoms with van der Waals surface area (Å²) in [5.41, 5.74) is 8.15. The molecule has 2 aromatic carbocycles. The standard InChI is InChI=1S/C23H20N6O3/c1-31-21-10-9-19(13-25-21)32-22-12-20(26-14-27-22)28-17-3-2-4-18(11-17)29-23(30)15-5-7-16(24)8-6-15/h2-14H,24H2,1H3,(H,29,30)(H,26,27,28). The highest BCUT2D eigenvalue weighted by molar-refractivity contribution is 6.04. The normalized spacial score (nSPS) is 10.3. The molecule has 0 saturated heterocycles. The van der Waals surface area contributed by atoms with Gasteiger partial charge in [0.1, 0.15) is 17.9 Å². The lowest BCUT2D eigenvalue weighted by molar-refractivity contribution is 0.102. The van der Waals surface area contributed by atoms with Gasteiger partial charge in [-0.15, -0.1) is 0 Å². The minimum atomic E-state index is -0.229. The van der Waals surface area contributed by atoms with Gasteiger partial charge in [-0.2, -0.15) is 0 Å². The van der Waals surface area contributed by atoms with Crippen molar-refractivity contribution < 1.29 is 14.3 Å². The monoisotopic (exact) mass is 428 g/mol. The van der Waals surface area contributed by atoms with Gasteiger partial charge in [-0.25, -0.2) is 15.0 Å². The van der Waals surface area contributed by atoms with Gasteiger partial charge in [0.05, 0.1) is 13.3 Å². The lowest BCUT2D eigenvalue weighted by Crippen LogP contribution is -2.11. The number of rotatable bonds is 7. The van der Waals surface area contributed by atoms with Crippen LogP contribution in [0.1, 0.15) is 10.4 Å². The predicted octanol–water partition coefficient (Wildman–Crippen LogP) is 4.25. The Morgan fingerprint density at radius 2 is 1.72 bits per heavy atom. The molecule has 4 aromatic rings. The van der Waals surface area contributed by atoms with Crippen LogP contribution in [0.5, 0.6) is 17.5 Å². The molecule has 0 atom stereocenters. The van der Waals surface area contributed by atoms with E-state index < -0.39 is 0 Å². The largest absolute Gasteiger partial charge is 0.481 e. The van der Waals surface area contributed by atoms with E-state index in [2.05, 4.69) is 25.6 Å². The molecule has 1 amide bonds. The lowest BCUT2D eigenvalue weighted by Gasteiger charge is -2.10. The molecule has 2 heterocycles. The summed E-state index contributed by atoms with van der Waals surface area (Å²) in [4.78, 5) is 24.9. The first-order chi connectivity index (χ1) is 15.6. The van der Waals surface area contributed by atoms with Crippen LogP contribution in [0.4, 0.5) is 22.9 Å². The number of nitrogens with one attached hydrogen (secondary N) is 2. The maximum absolute atomic E-state index is 12.4. The summed E-state index contributed by atoms with van der Waals surface area (Å²) in [6, 6.07) is 19.1. The molecule has 4 N–H and O–H groups in total. The van der Waals surface area contributed by atoms with Crippen molar-refractivity contribution >= 4 is 28.8 Å². The van der Waals surface area contributed by atoms with Gasteiger partial charge in [0.15, 0.2) is 0 Å². The predicted molar refractivity (Wildman–Crippen MR) is 121 cm³/mol. The Kier molecular flexibility index (Phi) is 6.08. The third kappa shape index (κ3) is 5.28. The van der Waals surface area contributed by atoms with E-state index in [0.717, 1.165) is 5.69 Å². The van der Waals surface area contributed by atoms with Crippen molar-refractivity contribution in [2.24, 2.45) is 0 Å².